The second-order valence-electron chi connectivity index (χ2n) is 5.07. The highest BCUT2D eigenvalue weighted by Crippen LogP contribution is 2.29. The number of aliphatic hydroxyl groups is 1. The van der Waals surface area contributed by atoms with Crippen LogP contribution in [0.3, 0.4) is 0 Å². The first-order chi connectivity index (χ1) is 8.41. The van der Waals surface area contributed by atoms with Crippen LogP contribution in [0.2, 0.25) is 0 Å². The van der Waals surface area contributed by atoms with Gasteiger partial charge in [-0.1, -0.05) is 25.0 Å². The van der Waals surface area contributed by atoms with Crippen molar-refractivity contribution in [3.63, 3.8) is 0 Å². The van der Waals surface area contributed by atoms with Crippen LogP contribution < -0.4 is 4.72 Å². The Morgan fingerprint density at radius 2 is 2.00 bits per heavy atom. The topological polar surface area (TPSA) is 66.4 Å². The minimum atomic E-state index is -3.52. The zero-order valence-electron chi connectivity index (χ0n) is 10.5. The van der Waals surface area contributed by atoms with Crippen LogP contribution in [-0.4, -0.2) is 25.7 Å². The third-order valence-electron chi connectivity index (χ3n) is 3.43. The number of nitrogens with one attached hydrogen (secondary N) is 1. The van der Waals surface area contributed by atoms with Crippen molar-refractivity contribution in [1.82, 2.24) is 4.72 Å². The molecule has 1 aliphatic carbocycles. The van der Waals surface area contributed by atoms with Gasteiger partial charge in [0.15, 0.2) is 0 Å². The van der Waals surface area contributed by atoms with Gasteiger partial charge in [0.05, 0.1) is 10.5 Å². The molecule has 0 saturated heterocycles. The van der Waals surface area contributed by atoms with Crippen LogP contribution in [0.25, 0.3) is 0 Å². The van der Waals surface area contributed by atoms with Crippen molar-refractivity contribution in [3.05, 3.63) is 29.8 Å². The Morgan fingerprint density at radius 3 is 2.61 bits per heavy atom. The Morgan fingerprint density at radius 1 is 1.33 bits per heavy atom. The van der Waals surface area contributed by atoms with Crippen LogP contribution in [-0.2, 0) is 10.0 Å². The molecule has 0 spiro atoms. The van der Waals surface area contributed by atoms with Crippen molar-refractivity contribution in [2.24, 2.45) is 0 Å². The van der Waals surface area contributed by atoms with E-state index in [0.29, 0.717) is 12.8 Å². The summed E-state index contributed by atoms with van der Waals surface area (Å²) >= 11 is 0. The first-order valence-electron chi connectivity index (χ1n) is 6.20. The average molecular weight is 269 g/mol. The lowest BCUT2D eigenvalue weighted by Gasteiger charge is -2.22. The van der Waals surface area contributed by atoms with Gasteiger partial charge < -0.3 is 5.11 Å². The molecule has 1 aromatic carbocycles. The van der Waals surface area contributed by atoms with E-state index in [1.807, 2.05) is 13.0 Å². The Hall–Kier alpha value is -0.910. The van der Waals surface area contributed by atoms with Crippen LogP contribution in [0.15, 0.2) is 29.2 Å². The maximum Gasteiger partial charge on any atom is 0.240 e. The number of aryl methyl sites for hydroxylation is 1. The van der Waals surface area contributed by atoms with Crippen molar-refractivity contribution >= 4 is 10.0 Å². The van der Waals surface area contributed by atoms with E-state index in [2.05, 4.69) is 4.72 Å². The van der Waals surface area contributed by atoms with E-state index in [1.54, 1.807) is 18.2 Å². The minimum absolute atomic E-state index is 0.100. The Labute approximate surface area is 108 Å². The van der Waals surface area contributed by atoms with E-state index in [0.717, 1.165) is 18.4 Å². The molecule has 0 bridgehead atoms. The molecule has 100 valence electrons. The van der Waals surface area contributed by atoms with E-state index >= 15 is 0 Å². The first kappa shape index (κ1) is 13.5. The fourth-order valence-electron chi connectivity index (χ4n) is 2.31. The Kier molecular flexibility index (Phi) is 3.75. The van der Waals surface area contributed by atoms with Crippen molar-refractivity contribution in [2.75, 3.05) is 6.54 Å². The van der Waals surface area contributed by atoms with Crippen molar-refractivity contribution in [2.45, 2.75) is 43.1 Å². The standard InChI is InChI=1S/C13H19NO3S/c1-11-5-4-6-12(9-11)18(16,17)14-10-13(15)7-2-3-8-13/h4-6,9,14-15H,2-3,7-8,10H2,1H3. The number of hydrogen-bond acceptors (Lipinski definition) is 3. The molecular weight excluding hydrogens is 250 g/mol. The molecule has 0 unspecified atom stereocenters. The first-order valence-corrected chi connectivity index (χ1v) is 7.68. The molecule has 4 nitrogen and oxygen atoms in total. The molecule has 2 N–H and O–H groups in total. The van der Waals surface area contributed by atoms with Gasteiger partial charge >= 0.3 is 0 Å². The summed E-state index contributed by atoms with van der Waals surface area (Å²) in [6.07, 6.45) is 3.26. The van der Waals surface area contributed by atoms with E-state index in [-0.39, 0.29) is 11.4 Å². The van der Waals surface area contributed by atoms with Gasteiger partial charge in [0.1, 0.15) is 0 Å². The maximum absolute atomic E-state index is 12.1. The Bertz CT molecular complexity index is 519. The smallest absolute Gasteiger partial charge is 0.240 e. The molecule has 1 saturated carbocycles. The highest BCUT2D eigenvalue weighted by Gasteiger charge is 2.32. The van der Waals surface area contributed by atoms with E-state index in [1.165, 1.54) is 0 Å². The number of rotatable bonds is 4. The molecule has 5 heteroatoms. The summed E-state index contributed by atoms with van der Waals surface area (Å²) in [5.41, 5.74) is 0.0362. The fraction of sp³-hybridized carbons (Fsp3) is 0.538. The van der Waals surface area contributed by atoms with Crippen LogP contribution >= 0.6 is 0 Å². The summed E-state index contributed by atoms with van der Waals surface area (Å²) in [6.45, 7) is 1.95. The van der Waals surface area contributed by atoms with Gasteiger partial charge in [-0.05, 0) is 37.5 Å². The van der Waals surface area contributed by atoms with Crippen LogP contribution in [0.1, 0.15) is 31.2 Å². The molecule has 0 aromatic heterocycles. The van der Waals surface area contributed by atoms with E-state index in [4.69, 9.17) is 0 Å². The molecular formula is C13H19NO3S. The lowest BCUT2D eigenvalue weighted by Crippen LogP contribution is -2.40. The van der Waals surface area contributed by atoms with Gasteiger partial charge in [0.25, 0.3) is 0 Å². The molecule has 1 aromatic rings. The van der Waals surface area contributed by atoms with Gasteiger partial charge in [-0.25, -0.2) is 13.1 Å². The molecule has 1 aliphatic rings. The van der Waals surface area contributed by atoms with Gasteiger partial charge in [0, 0.05) is 6.54 Å². The van der Waals surface area contributed by atoms with Gasteiger partial charge in [0.2, 0.25) is 10.0 Å². The zero-order chi connectivity index (χ0) is 13.2. The summed E-state index contributed by atoms with van der Waals surface area (Å²) in [5, 5.41) is 10.1. The second kappa shape index (κ2) is 4.99. The highest BCUT2D eigenvalue weighted by atomic mass is 32.2. The second-order valence-corrected chi connectivity index (χ2v) is 6.84. The normalized spacial score (nSPS) is 19.0. The average Bonchev–Trinajstić information content (AvgIpc) is 2.75. The molecule has 0 heterocycles. The number of hydrogen-bond donors (Lipinski definition) is 2. The predicted octanol–water partition coefficient (Wildman–Crippen LogP) is 1.58. The molecule has 0 aliphatic heterocycles. The summed E-state index contributed by atoms with van der Waals surface area (Å²) in [5.74, 6) is 0. The summed E-state index contributed by atoms with van der Waals surface area (Å²) in [4.78, 5) is 0.254. The van der Waals surface area contributed by atoms with Gasteiger partial charge in [-0.2, -0.15) is 0 Å². The van der Waals surface area contributed by atoms with Crippen LogP contribution in [0.5, 0.6) is 0 Å². The van der Waals surface area contributed by atoms with Gasteiger partial charge in [-0.15, -0.1) is 0 Å². The number of benzene rings is 1. The summed E-state index contributed by atoms with van der Waals surface area (Å²) < 4.78 is 26.6. The van der Waals surface area contributed by atoms with Gasteiger partial charge in [-0.3, -0.25) is 0 Å². The lowest BCUT2D eigenvalue weighted by molar-refractivity contribution is 0.0532. The van der Waals surface area contributed by atoms with Crippen LogP contribution in [0, 0.1) is 6.92 Å². The van der Waals surface area contributed by atoms with E-state index < -0.39 is 15.6 Å². The maximum atomic E-state index is 12.1. The molecule has 0 amide bonds. The Balaban J connectivity index is 2.08. The van der Waals surface area contributed by atoms with Crippen molar-refractivity contribution in [3.8, 4) is 0 Å². The largest absolute Gasteiger partial charge is 0.389 e. The highest BCUT2D eigenvalue weighted by molar-refractivity contribution is 7.89. The van der Waals surface area contributed by atoms with Crippen molar-refractivity contribution in [1.29, 1.82) is 0 Å². The zero-order valence-corrected chi connectivity index (χ0v) is 11.3. The molecule has 0 atom stereocenters. The lowest BCUT2D eigenvalue weighted by atomic mass is 10.0. The summed E-state index contributed by atoms with van der Waals surface area (Å²) in [6, 6.07) is 6.76. The molecule has 0 radical (unpaired) electrons. The summed E-state index contributed by atoms with van der Waals surface area (Å²) in [7, 11) is -3.52. The quantitative estimate of drug-likeness (QED) is 0.872. The molecule has 1 fully saturated rings. The number of sulfonamides is 1. The molecule has 18 heavy (non-hydrogen) atoms. The SMILES string of the molecule is Cc1cccc(S(=O)(=O)NCC2(O)CCCC2)c1. The molecule has 2 rings (SSSR count). The predicted molar refractivity (Wildman–Crippen MR) is 69.8 cm³/mol. The fourth-order valence-corrected chi connectivity index (χ4v) is 3.53. The third-order valence-corrected chi connectivity index (χ3v) is 4.82. The van der Waals surface area contributed by atoms with Crippen molar-refractivity contribution < 1.29 is 13.5 Å². The van der Waals surface area contributed by atoms with Crippen LogP contribution in [0.4, 0.5) is 0 Å². The van der Waals surface area contributed by atoms with E-state index in [9.17, 15) is 13.5 Å². The third kappa shape index (κ3) is 3.10. The minimum Gasteiger partial charge on any atom is -0.389 e. The monoisotopic (exact) mass is 269 g/mol.